The van der Waals surface area contributed by atoms with Gasteiger partial charge in [0.1, 0.15) is 24.4 Å². The van der Waals surface area contributed by atoms with E-state index in [2.05, 4.69) is 34.0 Å². The fraction of sp³-hybridized carbons (Fsp3) is 0.333. The van der Waals surface area contributed by atoms with Gasteiger partial charge < -0.3 is 14.8 Å². The summed E-state index contributed by atoms with van der Waals surface area (Å²) in [6.45, 7) is 6.88. The number of nitrogens with zero attached hydrogens (tertiary/aromatic N) is 3. The van der Waals surface area contributed by atoms with Crippen LogP contribution in [0.1, 0.15) is 44.4 Å². The molecule has 202 valence electrons. The predicted octanol–water partition coefficient (Wildman–Crippen LogP) is 5.54. The highest BCUT2D eigenvalue weighted by atomic mass is 127. The second kappa shape index (κ2) is 11.4. The van der Waals surface area contributed by atoms with Crippen molar-refractivity contribution in [3.63, 3.8) is 0 Å². The number of amides is 3. The predicted molar refractivity (Wildman–Crippen MR) is 159 cm³/mol. The van der Waals surface area contributed by atoms with Gasteiger partial charge in [-0.05, 0) is 72.7 Å². The number of hydrogen-bond acceptors (Lipinski definition) is 6. The molecule has 1 unspecified atom stereocenters. The van der Waals surface area contributed by atoms with E-state index in [0.717, 1.165) is 20.6 Å². The van der Waals surface area contributed by atoms with Crippen molar-refractivity contribution in [2.24, 2.45) is 9.98 Å². The minimum Gasteiger partial charge on any atom is -0.491 e. The number of halogens is 1. The zero-order valence-electron chi connectivity index (χ0n) is 22.2. The molecule has 5 rings (SSSR count). The zero-order chi connectivity index (χ0) is 27.6. The first-order valence-electron chi connectivity index (χ1n) is 13.0. The first-order valence-corrected chi connectivity index (χ1v) is 14.0. The van der Waals surface area contributed by atoms with Crippen LogP contribution in [0, 0.1) is 0 Å². The molecule has 3 amide bonds. The van der Waals surface area contributed by atoms with Gasteiger partial charge in [-0.3, -0.25) is 9.69 Å². The number of ether oxygens (including phenoxy) is 2. The van der Waals surface area contributed by atoms with Gasteiger partial charge in [0.05, 0.1) is 23.6 Å². The Morgan fingerprint density at radius 3 is 2.51 bits per heavy atom. The number of nitrogens with one attached hydrogen (secondary N) is 1. The van der Waals surface area contributed by atoms with Gasteiger partial charge in [-0.2, -0.15) is 0 Å². The smallest absolute Gasteiger partial charge is 0.325 e. The number of aliphatic imine (C=N–C) groups is 2. The van der Waals surface area contributed by atoms with Crippen LogP contribution >= 0.6 is 22.6 Å². The van der Waals surface area contributed by atoms with Gasteiger partial charge >= 0.3 is 6.03 Å². The van der Waals surface area contributed by atoms with Crippen molar-refractivity contribution in [3.05, 3.63) is 87.2 Å². The molecule has 1 saturated heterocycles. The average Bonchev–Trinajstić information content (AvgIpc) is 3.45. The Morgan fingerprint density at radius 2 is 1.79 bits per heavy atom. The highest BCUT2D eigenvalue weighted by Gasteiger charge is 2.45. The number of fused-ring (bicyclic) bond motifs is 1. The van der Waals surface area contributed by atoms with Crippen molar-refractivity contribution < 1.29 is 19.1 Å². The van der Waals surface area contributed by atoms with Gasteiger partial charge in [0, 0.05) is 16.4 Å². The third kappa shape index (κ3) is 6.47. The van der Waals surface area contributed by atoms with Crippen LogP contribution in [0.15, 0.2) is 86.0 Å². The van der Waals surface area contributed by atoms with E-state index < -0.39 is 18.1 Å². The van der Waals surface area contributed by atoms with Crippen molar-refractivity contribution in [3.8, 4) is 5.75 Å². The molecule has 0 aromatic heterocycles. The van der Waals surface area contributed by atoms with Crippen LogP contribution < -0.4 is 10.1 Å². The first-order chi connectivity index (χ1) is 18.7. The third-order valence-electron chi connectivity index (χ3n) is 6.50. The summed E-state index contributed by atoms with van der Waals surface area (Å²) in [7, 11) is 0. The lowest BCUT2D eigenvalue weighted by atomic mass is 10.0. The number of carbonyl (C=O) groups is 2. The van der Waals surface area contributed by atoms with E-state index in [1.165, 1.54) is 4.90 Å². The van der Waals surface area contributed by atoms with Crippen LogP contribution in [0.3, 0.4) is 0 Å². The fourth-order valence-corrected chi connectivity index (χ4v) is 5.14. The molecule has 1 N–H and O–H groups in total. The van der Waals surface area contributed by atoms with Crippen LogP contribution in [0.4, 0.5) is 4.79 Å². The summed E-state index contributed by atoms with van der Waals surface area (Å²) in [6, 6.07) is 15.1. The van der Waals surface area contributed by atoms with E-state index >= 15 is 0 Å². The molecule has 0 radical (unpaired) electrons. The minimum absolute atomic E-state index is 0.223. The Morgan fingerprint density at radius 1 is 1.05 bits per heavy atom. The molecule has 0 spiro atoms. The molecule has 2 aromatic carbocycles. The van der Waals surface area contributed by atoms with Crippen LogP contribution in [0.2, 0.25) is 0 Å². The summed E-state index contributed by atoms with van der Waals surface area (Å²) in [4.78, 5) is 37.8. The Hall–Kier alpha value is -3.31. The van der Waals surface area contributed by atoms with Crippen molar-refractivity contribution in [2.45, 2.75) is 51.3 Å². The maximum absolute atomic E-state index is 13.7. The van der Waals surface area contributed by atoms with Crippen molar-refractivity contribution in [1.29, 1.82) is 0 Å². The number of hydrogen-bond donors (Lipinski definition) is 1. The van der Waals surface area contributed by atoms with Crippen molar-refractivity contribution in [2.75, 3.05) is 13.2 Å². The molecule has 2 heterocycles. The molecule has 1 fully saturated rings. The number of carbonyl (C=O) groups excluding carboxylic acids is 2. The minimum atomic E-state index is -0.798. The number of amidine groups is 1. The summed E-state index contributed by atoms with van der Waals surface area (Å²) in [5.41, 5.74) is 3.10. The molecule has 2 atom stereocenters. The summed E-state index contributed by atoms with van der Waals surface area (Å²) in [5.74, 6) is 0.819. The van der Waals surface area contributed by atoms with Gasteiger partial charge in [-0.1, -0.05) is 48.5 Å². The Bertz CT molecular complexity index is 1370. The van der Waals surface area contributed by atoms with E-state index in [1.54, 1.807) is 24.3 Å². The maximum atomic E-state index is 13.7. The lowest BCUT2D eigenvalue weighted by Crippen LogP contribution is -2.46. The molecule has 39 heavy (non-hydrogen) atoms. The normalized spacial score (nSPS) is 19.6. The summed E-state index contributed by atoms with van der Waals surface area (Å²) in [5, 5.41) is 2.86. The SMILES string of the molecule is CC(C)(C)OCCOc1ccc(C2NC(=O)N([C@@H](Cc3ccccc3)C3=NC4=CC(I)=CCC4=N3)C2=O)cc1. The summed E-state index contributed by atoms with van der Waals surface area (Å²) < 4.78 is 12.5. The monoisotopic (exact) mass is 638 g/mol. The van der Waals surface area contributed by atoms with Gasteiger partial charge in [0.15, 0.2) is 5.84 Å². The molecular formula is C30H31IN4O4. The summed E-state index contributed by atoms with van der Waals surface area (Å²) in [6.07, 6.45) is 5.16. The van der Waals surface area contributed by atoms with Gasteiger partial charge in [0.25, 0.3) is 5.91 Å². The number of imide groups is 1. The largest absolute Gasteiger partial charge is 0.491 e. The number of allylic oxidation sites excluding steroid dienone is 4. The maximum Gasteiger partial charge on any atom is 0.325 e. The number of urea groups is 1. The van der Waals surface area contributed by atoms with Crippen LogP contribution in [-0.2, 0) is 16.0 Å². The molecular weight excluding hydrogens is 607 g/mol. The zero-order valence-corrected chi connectivity index (χ0v) is 24.3. The van der Waals surface area contributed by atoms with Crippen molar-refractivity contribution >= 4 is 46.1 Å². The lowest BCUT2D eigenvalue weighted by molar-refractivity contribution is -0.128. The molecule has 0 saturated carbocycles. The molecule has 0 bridgehead atoms. The highest BCUT2D eigenvalue weighted by molar-refractivity contribution is 14.1. The van der Waals surface area contributed by atoms with E-state index in [-0.39, 0.29) is 11.5 Å². The average molecular weight is 639 g/mol. The molecule has 8 nitrogen and oxygen atoms in total. The number of benzene rings is 2. The number of rotatable bonds is 9. The molecule has 1 aliphatic carbocycles. The fourth-order valence-electron chi connectivity index (χ4n) is 4.62. The van der Waals surface area contributed by atoms with Crippen LogP contribution in [0.5, 0.6) is 5.75 Å². The van der Waals surface area contributed by atoms with Gasteiger partial charge in [-0.25, -0.2) is 14.8 Å². The van der Waals surface area contributed by atoms with Gasteiger partial charge in [-0.15, -0.1) is 0 Å². The third-order valence-corrected chi connectivity index (χ3v) is 7.25. The summed E-state index contributed by atoms with van der Waals surface area (Å²) >= 11 is 2.26. The van der Waals surface area contributed by atoms with E-state index in [9.17, 15) is 9.59 Å². The highest BCUT2D eigenvalue weighted by Crippen LogP contribution is 2.30. The Balaban J connectivity index is 1.34. The van der Waals surface area contributed by atoms with E-state index in [0.29, 0.717) is 43.2 Å². The van der Waals surface area contributed by atoms with Gasteiger partial charge in [0.2, 0.25) is 0 Å². The molecule has 3 aliphatic rings. The Labute approximate surface area is 242 Å². The van der Waals surface area contributed by atoms with Crippen LogP contribution in [-0.4, -0.2) is 53.2 Å². The van der Waals surface area contributed by atoms with Crippen molar-refractivity contribution in [1.82, 2.24) is 10.2 Å². The topological polar surface area (TPSA) is 92.6 Å². The van der Waals surface area contributed by atoms with E-state index in [4.69, 9.17) is 19.5 Å². The molecule has 2 aromatic rings. The Kier molecular flexibility index (Phi) is 7.99. The molecule has 9 heteroatoms. The first kappa shape index (κ1) is 27.3. The second-order valence-electron chi connectivity index (χ2n) is 10.5. The standard InChI is InChI=1S/C30H31IN4O4/c1-30(2,3)39-16-15-38-22-12-9-20(10-13-22)26-28(36)35(29(37)34-26)25(17-19-7-5-4-6-8-19)27-32-23-14-11-21(31)18-24(23)33-27/h4-13,18,25-26H,14-17H2,1-3H3,(H,34,37)/t25-,26?/m0/s1. The quantitative estimate of drug-likeness (QED) is 0.222. The second-order valence-corrected chi connectivity index (χ2v) is 11.8. The van der Waals surface area contributed by atoms with E-state index in [1.807, 2.05) is 57.2 Å². The van der Waals surface area contributed by atoms with Crippen LogP contribution in [0.25, 0.3) is 0 Å². The lowest BCUT2D eigenvalue weighted by Gasteiger charge is -2.24. The molecule has 2 aliphatic heterocycles.